The molecule has 0 spiro atoms. The van der Waals surface area contributed by atoms with Crippen LogP contribution >= 0.6 is 0 Å². The third-order valence-electron chi connectivity index (χ3n) is 5.05. The predicted molar refractivity (Wildman–Crippen MR) is 115 cm³/mol. The minimum Gasteiger partial charge on any atom is -0.493 e. The van der Waals surface area contributed by atoms with Crippen molar-refractivity contribution in [2.75, 3.05) is 32.0 Å². The molecule has 160 valence electrons. The molecule has 4 rings (SSSR count). The topological polar surface area (TPSA) is 104 Å². The molecule has 3 aromatic rings. The molecule has 2 amide bonds. The summed E-state index contributed by atoms with van der Waals surface area (Å²) >= 11 is 0. The Balaban J connectivity index is 1.53. The van der Waals surface area contributed by atoms with E-state index in [4.69, 9.17) is 14.2 Å². The molecule has 1 unspecified atom stereocenters. The summed E-state index contributed by atoms with van der Waals surface area (Å²) in [7, 11) is 4.49. The van der Waals surface area contributed by atoms with E-state index >= 15 is 0 Å². The molecule has 0 fully saturated rings. The summed E-state index contributed by atoms with van der Waals surface area (Å²) in [5.41, 5.74) is 2.21. The lowest BCUT2D eigenvalue weighted by Crippen LogP contribution is -2.23. The van der Waals surface area contributed by atoms with E-state index in [1.165, 1.54) is 21.3 Å². The van der Waals surface area contributed by atoms with Crippen molar-refractivity contribution in [3.63, 3.8) is 0 Å². The Bertz CT molecular complexity index is 1100. The van der Waals surface area contributed by atoms with Gasteiger partial charge in [0.1, 0.15) is 11.9 Å². The third kappa shape index (κ3) is 3.77. The van der Waals surface area contributed by atoms with Crippen LogP contribution in [-0.4, -0.2) is 42.9 Å². The normalized spacial score (nSPS) is 14.5. The molecule has 2 N–H and O–H groups in total. The highest BCUT2D eigenvalue weighted by atomic mass is 16.5. The van der Waals surface area contributed by atoms with Crippen LogP contribution in [0.2, 0.25) is 0 Å². The van der Waals surface area contributed by atoms with Crippen molar-refractivity contribution >= 4 is 23.3 Å². The van der Waals surface area contributed by atoms with Crippen LogP contribution in [0.1, 0.15) is 12.5 Å². The van der Waals surface area contributed by atoms with E-state index in [-0.39, 0.29) is 18.2 Å². The first-order valence-corrected chi connectivity index (χ1v) is 9.59. The van der Waals surface area contributed by atoms with Gasteiger partial charge in [-0.3, -0.25) is 9.59 Å². The van der Waals surface area contributed by atoms with Crippen LogP contribution in [0.25, 0.3) is 11.1 Å². The van der Waals surface area contributed by atoms with E-state index in [2.05, 4.69) is 15.7 Å². The molecule has 0 bridgehead atoms. The van der Waals surface area contributed by atoms with Crippen molar-refractivity contribution in [3.05, 3.63) is 48.7 Å². The van der Waals surface area contributed by atoms with Crippen LogP contribution in [-0.2, 0) is 9.59 Å². The third-order valence-corrected chi connectivity index (χ3v) is 5.05. The van der Waals surface area contributed by atoms with Crippen LogP contribution in [0.15, 0.2) is 48.7 Å². The number of hydrogen-bond acceptors (Lipinski definition) is 6. The first kappa shape index (κ1) is 20.3. The van der Waals surface area contributed by atoms with Crippen molar-refractivity contribution in [3.8, 4) is 28.4 Å². The minimum atomic E-state index is -0.741. The van der Waals surface area contributed by atoms with Gasteiger partial charge in [0.2, 0.25) is 11.7 Å². The molecule has 1 aliphatic heterocycles. The van der Waals surface area contributed by atoms with Crippen molar-refractivity contribution in [2.45, 2.75) is 12.5 Å². The number of hydrogen-bond donors (Lipinski definition) is 2. The van der Waals surface area contributed by atoms with Gasteiger partial charge in [-0.25, -0.2) is 4.68 Å². The fraction of sp³-hybridized carbons (Fsp3) is 0.227. The lowest BCUT2D eigenvalue weighted by atomic mass is 10.1. The maximum Gasteiger partial charge on any atom is 0.251 e. The van der Waals surface area contributed by atoms with Crippen molar-refractivity contribution < 1.29 is 23.8 Å². The second-order valence-corrected chi connectivity index (χ2v) is 6.89. The number of carbonyl (C=O) groups is 2. The molecule has 2 aromatic carbocycles. The Kier molecular flexibility index (Phi) is 5.48. The Morgan fingerprint density at radius 3 is 2.39 bits per heavy atom. The van der Waals surface area contributed by atoms with Gasteiger partial charge in [-0.15, -0.1) is 0 Å². The van der Waals surface area contributed by atoms with E-state index in [9.17, 15) is 9.59 Å². The van der Waals surface area contributed by atoms with Gasteiger partial charge in [0, 0.05) is 23.4 Å². The number of carbonyl (C=O) groups excluding carboxylic acids is 2. The summed E-state index contributed by atoms with van der Waals surface area (Å²) < 4.78 is 17.5. The Labute approximate surface area is 178 Å². The number of fused-ring (bicyclic) bond motifs is 1. The molecule has 1 aromatic heterocycles. The van der Waals surface area contributed by atoms with E-state index in [1.807, 2.05) is 30.3 Å². The SMILES string of the molecule is COc1cc(NC(=O)CC2C(=O)Nc3c(-c4ccccc4)cnn32)cc(OC)c1OC. The van der Waals surface area contributed by atoms with Gasteiger partial charge in [0.25, 0.3) is 5.91 Å². The van der Waals surface area contributed by atoms with Crippen molar-refractivity contribution in [2.24, 2.45) is 0 Å². The molecule has 2 heterocycles. The van der Waals surface area contributed by atoms with Crippen molar-refractivity contribution in [1.29, 1.82) is 0 Å². The summed E-state index contributed by atoms with van der Waals surface area (Å²) in [6.07, 6.45) is 1.61. The Hall–Kier alpha value is -4.01. The summed E-state index contributed by atoms with van der Waals surface area (Å²) in [5, 5.41) is 9.96. The molecule has 9 nitrogen and oxygen atoms in total. The molecular weight excluding hydrogens is 400 g/mol. The second-order valence-electron chi connectivity index (χ2n) is 6.89. The van der Waals surface area contributed by atoms with E-state index in [1.54, 1.807) is 23.0 Å². The Morgan fingerprint density at radius 1 is 1.10 bits per heavy atom. The van der Waals surface area contributed by atoms with Crippen LogP contribution in [0.3, 0.4) is 0 Å². The lowest BCUT2D eigenvalue weighted by Gasteiger charge is -2.15. The summed E-state index contributed by atoms with van der Waals surface area (Å²) in [6, 6.07) is 12.1. The molecular formula is C22H22N4O5. The number of rotatable bonds is 7. The van der Waals surface area contributed by atoms with Crippen LogP contribution in [0.4, 0.5) is 11.5 Å². The monoisotopic (exact) mass is 422 g/mol. The molecule has 0 saturated heterocycles. The average molecular weight is 422 g/mol. The highest BCUT2D eigenvalue weighted by molar-refractivity contribution is 6.04. The van der Waals surface area contributed by atoms with Gasteiger partial charge in [-0.1, -0.05) is 30.3 Å². The zero-order chi connectivity index (χ0) is 22.0. The number of ether oxygens (including phenoxy) is 3. The summed E-state index contributed by atoms with van der Waals surface area (Å²) in [6.45, 7) is 0. The van der Waals surface area contributed by atoms with Crippen molar-refractivity contribution in [1.82, 2.24) is 9.78 Å². The molecule has 0 radical (unpaired) electrons. The number of anilines is 2. The van der Waals surface area contributed by atoms with Crippen LogP contribution in [0, 0.1) is 0 Å². The maximum atomic E-state index is 12.7. The highest BCUT2D eigenvalue weighted by Crippen LogP contribution is 2.40. The van der Waals surface area contributed by atoms with Gasteiger partial charge >= 0.3 is 0 Å². The van der Waals surface area contributed by atoms with Gasteiger partial charge in [-0.05, 0) is 5.56 Å². The molecule has 1 aliphatic rings. The number of methoxy groups -OCH3 is 3. The van der Waals surface area contributed by atoms with Gasteiger partial charge in [0.15, 0.2) is 11.5 Å². The number of amides is 2. The maximum absolute atomic E-state index is 12.7. The summed E-state index contributed by atoms with van der Waals surface area (Å²) in [5.74, 6) is 1.21. The summed E-state index contributed by atoms with van der Waals surface area (Å²) in [4.78, 5) is 25.2. The average Bonchev–Trinajstić information content (AvgIpc) is 3.32. The fourth-order valence-electron chi connectivity index (χ4n) is 3.58. The predicted octanol–water partition coefficient (Wildman–Crippen LogP) is 3.10. The van der Waals surface area contributed by atoms with Crippen LogP contribution < -0.4 is 24.8 Å². The van der Waals surface area contributed by atoms with Crippen LogP contribution in [0.5, 0.6) is 17.2 Å². The van der Waals surface area contributed by atoms with E-state index < -0.39 is 6.04 Å². The molecule has 0 aliphatic carbocycles. The number of nitrogens with zero attached hydrogens (tertiary/aromatic N) is 2. The molecule has 9 heteroatoms. The first-order chi connectivity index (χ1) is 15.0. The van der Waals surface area contributed by atoms with E-state index in [0.717, 1.165) is 11.1 Å². The molecule has 31 heavy (non-hydrogen) atoms. The molecule has 1 atom stereocenters. The van der Waals surface area contributed by atoms with Gasteiger partial charge in [0.05, 0.1) is 33.9 Å². The lowest BCUT2D eigenvalue weighted by molar-refractivity contribution is -0.123. The number of nitrogens with one attached hydrogen (secondary N) is 2. The zero-order valence-corrected chi connectivity index (χ0v) is 17.3. The minimum absolute atomic E-state index is 0.0780. The smallest absolute Gasteiger partial charge is 0.251 e. The quantitative estimate of drug-likeness (QED) is 0.606. The fourth-order valence-corrected chi connectivity index (χ4v) is 3.58. The standard InChI is InChI=1S/C22H22N4O5/c1-29-17-9-14(10-18(30-2)20(17)31-3)24-19(27)11-16-22(28)25-21-15(12-23-26(16)21)13-7-5-4-6-8-13/h4-10,12,16H,11H2,1-3H3,(H,24,27)(H,25,28). The van der Waals surface area contributed by atoms with Gasteiger partial charge in [-0.2, -0.15) is 5.10 Å². The second kappa shape index (κ2) is 8.39. The number of benzene rings is 2. The zero-order valence-electron chi connectivity index (χ0n) is 17.3. The molecule has 0 saturated carbocycles. The first-order valence-electron chi connectivity index (χ1n) is 9.59. The largest absolute Gasteiger partial charge is 0.493 e. The number of aromatic nitrogens is 2. The Morgan fingerprint density at radius 2 is 1.77 bits per heavy atom. The highest BCUT2D eigenvalue weighted by Gasteiger charge is 2.35. The van der Waals surface area contributed by atoms with E-state index in [0.29, 0.717) is 28.8 Å². The van der Waals surface area contributed by atoms with Gasteiger partial charge < -0.3 is 24.8 Å².